The Bertz CT molecular complexity index is 751. The standard InChI is InChI=1S/C16H21ClN2O5S/c1-11(2)8-19(12-5-7-25(22,23)10-12)14(20)9-24-16(21)13-4-3-6-18-15(13)17/h3-4,6,11-12H,5,7-10H2,1-2H3/t12-/m0/s1. The molecular weight excluding hydrogens is 368 g/mol. The van der Waals surface area contributed by atoms with Crippen LogP contribution in [-0.2, 0) is 19.4 Å². The van der Waals surface area contributed by atoms with E-state index in [1.54, 1.807) is 6.07 Å². The Morgan fingerprint density at radius 2 is 2.16 bits per heavy atom. The van der Waals surface area contributed by atoms with Gasteiger partial charge >= 0.3 is 5.97 Å². The number of nitrogens with zero attached hydrogens (tertiary/aromatic N) is 2. The van der Waals surface area contributed by atoms with Crippen LogP contribution in [0.5, 0.6) is 0 Å². The van der Waals surface area contributed by atoms with Crippen molar-refractivity contribution in [1.82, 2.24) is 9.88 Å². The van der Waals surface area contributed by atoms with E-state index in [2.05, 4.69) is 4.98 Å². The fourth-order valence-corrected chi connectivity index (χ4v) is 4.62. The Kier molecular flexibility index (Phi) is 6.40. The van der Waals surface area contributed by atoms with Gasteiger partial charge in [0.25, 0.3) is 5.91 Å². The van der Waals surface area contributed by atoms with Crippen molar-refractivity contribution in [2.45, 2.75) is 26.3 Å². The maximum atomic E-state index is 12.5. The molecule has 1 aromatic heterocycles. The van der Waals surface area contributed by atoms with Gasteiger partial charge in [-0.05, 0) is 24.5 Å². The lowest BCUT2D eigenvalue weighted by molar-refractivity contribution is -0.137. The molecule has 1 aromatic rings. The number of halogens is 1. The fraction of sp³-hybridized carbons (Fsp3) is 0.562. The van der Waals surface area contributed by atoms with Crippen LogP contribution in [0.3, 0.4) is 0 Å². The van der Waals surface area contributed by atoms with Gasteiger partial charge in [-0.2, -0.15) is 0 Å². The summed E-state index contributed by atoms with van der Waals surface area (Å²) < 4.78 is 28.4. The zero-order chi connectivity index (χ0) is 18.6. The average molecular weight is 389 g/mol. The van der Waals surface area contributed by atoms with E-state index >= 15 is 0 Å². The molecule has 138 valence electrons. The summed E-state index contributed by atoms with van der Waals surface area (Å²) >= 11 is 5.83. The monoisotopic (exact) mass is 388 g/mol. The summed E-state index contributed by atoms with van der Waals surface area (Å²) in [4.78, 5) is 29.8. The van der Waals surface area contributed by atoms with Crippen molar-refractivity contribution >= 4 is 33.3 Å². The van der Waals surface area contributed by atoms with Crippen molar-refractivity contribution in [3.8, 4) is 0 Å². The molecular formula is C16H21ClN2O5S. The predicted molar refractivity (Wildman–Crippen MR) is 93.1 cm³/mol. The molecule has 1 saturated heterocycles. The van der Waals surface area contributed by atoms with Gasteiger partial charge in [0.15, 0.2) is 16.4 Å². The largest absolute Gasteiger partial charge is 0.452 e. The normalized spacial score (nSPS) is 19.0. The van der Waals surface area contributed by atoms with Gasteiger partial charge in [0, 0.05) is 18.8 Å². The maximum Gasteiger partial charge on any atom is 0.341 e. The van der Waals surface area contributed by atoms with Crippen molar-refractivity contribution in [3.63, 3.8) is 0 Å². The van der Waals surface area contributed by atoms with Crippen LogP contribution in [-0.4, -0.2) is 60.9 Å². The summed E-state index contributed by atoms with van der Waals surface area (Å²) in [5, 5.41) is 0.000807. The molecule has 7 nitrogen and oxygen atoms in total. The van der Waals surface area contributed by atoms with E-state index in [0.717, 1.165) is 0 Å². The predicted octanol–water partition coefficient (Wildman–Crippen LogP) is 1.56. The smallest absolute Gasteiger partial charge is 0.341 e. The minimum absolute atomic E-state index is 0.000807. The van der Waals surface area contributed by atoms with E-state index in [-0.39, 0.29) is 34.2 Å². The van der Waals surface area contributed by atoms with Crippen LogP contribution >= 0.6 is 11.6 Å². The first-order valence-corrected chi connectivity index (χ1v) is 10.2. The number of pyridine rings is 1. The summed E-state index contributed by atoms with van der Waals surface area (Å²) in [6.45, 7) is 3.81. The number of hydrogen-bond donors (Lipinski definition) is 0. The van der Waals surface area contributed by atoms with Gasteiger partial charge in [-0.15, -0.1) is 0 Å². The highest BCUT2D eigenvalue weighted by atomic mass is 35.5. The molecule has 9 heteroatoms. The van der Waals surface area contributed by atoms with Crippen LogP contribution in [0.1, 0.15) is 30.6 Å². The number of aromatic nitrogens is 1. The number of sulfone groups is 1. The first-order valence-electron chi connectivity index (χ1n) is 7.97. The number of hydrogen-bond acceptors (Lipinski definition) is 6. The molecule has 0 spiro atoms. The van der Waals surface area contributed by atoms with Gasteiger partial charge in [-0.25, -0.2) is 18.2 Å². The molecule has 2 heterocycles. The number of carbonyl (C=O) groups is 2. The van der Waals surface area contributed by atoms with Crippen LogP contribution in [0.4, 0.5) is 0 Å². The molecule has 1 atom stereocenters. The highest BCUT2D eigenvalue weighted by molar-refractivity contribution is 7.91. The van der Waals surface area contributed by atoms with Gasteiger partial charge in [-0.3, -0.25) is 4.79 Å². The summed E-state index contributed by atoms with van der Waals surface area (Å²) in [6, 6.07) is 2.62. The summed E-state index contributed by atoms with van der Waals surface area (Å²) in [6.07, 6.45) is 1.85. The molecule has 0 bridgehead atoms. The molecule has 1 aliphatic rings. The SMILES string of the molecule is CC(C)CN(C(=O)COC(=O)c1cccnc1Cl)[C@H]1CCS(=O)(=O)C1. The third-order valence-corrected chi connectivity index (χ3v) is 5.89. The van der Waals surface area contributed by atoms with Crippen molar-refractivity contribution in [2.75, 3.05) is 24.7 Å². The summed E-state index contributed by atoms with van der Waals surface area (Å²) in [5.74, 6) is -0.965. The molecule has 1 fully saturated rings. The molecule has 2 rings (SSSR count). The van der Waals surface area contributed by atoms with Gasteiger partial charge in [-0.1, -0.05) is 25.4 Å². The minimum Gasteiger partial charge on any atom is -0.452 e. The number of amides is 1. The molecule has 1 aliphatic heterocycles. The Balaban J connectivity index is 2.02. The second-order valence-corrected chi connectivity index (χ2v) is 9.00. The molecule has 0 aliphatic carbocycles. The fourth-order valence-electron chi connectivity index (χ4n) is 2.70. The molecule has 0 N–H and O–H groups in total. The van der Waals surface area contributed by atoms with E-state index in [1.165, 1.54) is 17.2 Å². The van der Waals surface area contributed by atoms with Crippen molar-refractivity contribution in [3.05, 3.63) is 29.0 Å². The van der Waals surface area contributed by atoms with E-state index in [4.69, 9.17) is 16.3 Å². The third-order valence-electron chi connectivity index (χ3n) is 3.84. The van der Waals surface area contributed by atoms with E-state index in [9.17, 15) is 18.0 Å². The number of ether oxygens (including phenoxy) is 1. The number of esters is 1. The second-order valence-electron chi connectivity index (χ2n) is 6.41. The molecule has 0 aromatic carbocycles. The highest BCUT2D eigenvalue weighted by Gasteiger charge is 2.35. The maximum absolute atomic E-state index is 12.5. The first kappa shape index (κ1) is 19.7. The lowest BCUT2D eigenvalue weighted by atomic mass is 10.1. The Hall–Kier alpha value is -1.67. The van der Waals surface area contributed by atoms with Crippen LogP contribution in [0.15, 0.2) is 18.3 Å². The van der Waals surface area contributed by atoms with Gasteiger partial charge in [0.05, 0.1) is 17.1 Å². The van der Waals surface area contributed by atoms with Crippen LogP contribution < -0.4 is 0 Å². The van der Waals surface area contributed by atoms with Crippen LogP contribution in [0.25, 0.3) is 0 Å². The van der Waals surface area contributed by atoms with Crippen LogP contribution in [0, 0.1) is 5.92 Å². The van der Waals surface area contributed by atoms with Gasteiger partial charge in [0.1, 0.15) is 5.15 Å². The lowest BCUT2D eigenvalue weighted by Gasteiger charge is -2.29. The molecule has 25 heavy (non-hydrogen) atoms. The average Bonchev–Trinajstić information content (AvgIpc) is 2.90. The topological polar surface area (TPSA) is 93.6 Å². The van der Waals surface area contributed by atoms with E-state index in [0.29, 0.717) is 13.0 Å². The van der Waals surface area contributed by atoms with Crippen molar-refractivity contribution in [1.29, 1.82) is 0 Å². The first-order chi connectivity index (χ1) is 11.7. The van der Waals surface area contributed by atoms with Gasteiger partial charge in [0.2, 0.25) is 0 Å². The Labute approximate surface area is 152 Å². The second kappa shape index (κ2) is 8.14. The summed E-state index contributed by atoms with van der Waals surface area (Å²) in [7, 11) is -3.12. The number of rotatable bonds is 6. The molecule has 0 unspecified atom stereocenters. The van der Waals surface area contributed by atoms with Crippen molar-refractivity contribution in [2.24, 2.45) is 5.92 Å². The van der Waals surface area contributed by atoms with Crippen LogP contribution in [0.2, 0.25) is 5.15 Å². The third kappa shape index (κ3) is 5.40. The zero-order valence-electron chi connectivity index (χ0n) is 14.1. The molecule has 0 saturated carbocycles. The Morgan fingerprint density at radius 3 is 2.72 bits per heavy atom. The minimum atomic E-state index is -3.12. The Morgan fingerprint density at radius 1 is 1.44 bits per heavy atom. The van der Waals surface area contributed by atoms with Gasteiger partial charge < -0.3 is 9.64 Å². The van der Waals surface area contributed by atoms with Crippen molar-refractivity contribution < 1.29 is 22.7 Å². The number of carbonyl (C=O) groups excluding carboxylic acids is 2. The van der Waals surface area contributed by atoms with E-state index < -0.39 is 28.3 Å². The highest BCUT2D eigenvalue weighted by Crippen LogP contribution is 2.20. The zero-order valence-corrected chi connectivity index (χ0v) is 15.7. The summed E-state index contributed by atoms with van der Waals surface area (Å²) in [5.41, 5.74) is 0.0795. The molecule has 0 radical (unpaired) electrons. The van der Waals surface area contributed by atoms with E-state index in [1.807, 2.05) is 13.8 Å². The lowest BCUT2D eigenvalue weighted by Crippen LogP contribution is -2.45. The molecule has 1 amide bonds. The quantitative estimate of drug-likeness (QED) is 0.542.